The molecule has 0 saturated carbocycles. The normalized spacial score (nSPS) is 12.1. The van der Waals surface area contributed by atoms with Gasteiger partial charge in [0, 0.05) is 0 Å². The van der Waals surface area contributed by atoms with Gasteiger partial charge in [0.2, 0.25) is 0 Å². The van der Waals surface area contributed by atoms with Crippen molar-refractivity contribution in [3.8, 4) is 5.75 Å². The van der Waals surface area contributed by atoms with Gasteiger partial charge in [0.15, 0.2) is 0 Å². The van der Waals surface area contributed by atoms with Gasteiger partial charge >= 0.3 is 5.97 Å². The van der Waals surface area contributed by atoms with Crippen molar-refractivity contribution in [3.05, 3.63) is 82.9 Å². The molecule has 0 fully saturated rings. The van der Waals surface area contributed by atoms with E-state index < -0.39 is 16.1 Å². The predicted octanol–water partition coefficient (Wildman–Crippen LogP) is 7.67. The fourth-order valence-electron chi connectivity index (χ4n) is 3.92. The van der Waals surface area contributed by atoms with Gasteiger partial charge in [0.25, 0.3) is 10.1 Å². The van der Waals surface area contributed by atoms with Crippen LogP contribution in [0.2, 0.25) is 0 Å². The number of aromatic hydroxyl groups is 1. The van der Waals surface area contributed by atoms with Gasteiger partial charge in [0.1, 0.15) is 33.3 Å². The first-order valence-electron chi connectivity index (χ1n) is 12.4. The van der Waals surface area contributed by atoms with Crippen molar-refractivity contribution in [2.24, 2.45) is 30.7 Å². The van der Waals surface area contributed by atoms with Crippen molar-refractivity contribution in [3.63, 3.8) is 0 Å². The van der Waals surface area contributed by atoms with Crippen LogP contribution in [0.15, 0.2) is 96.2 Å². The Hall–Kier alpha value is -5.54. The van der Waals surface area contributed by atoms with Crippen molar-refractivity contribution in [2.45, 2.75) is 25.7 Å². The average Bonchev–Trinajstić information content (AvgIpc) is 2.94. The Kier molecular flexibility index (Phi) is 8.59. The Morgan fingerprint density at radius 2 is 1.26 bits per heavy atom. The lowest BCUT2D eigenvalue weighted by molar-refractivity contribution is 0.0693. The molecule has 0 aliphatic rings. The Labute approximate surface area is 245 Å². The number of phenols is 1. The quantitative estimate of drug-likeness (QED) is 0.0759. The monoisotopic (exact) mass is 602 g/mol. The highest BCUT2D eigenvalue weighted by molar-refractivity contribution is 7.86. The standard InChI is InChI=1S/C28H26N8O6S/c1-14-10-16(3)26(23(11-14)43(40,41)42)35-34-21-12-15(2)24(29)27(25(21)30)36-32-18-6-4-17(5-7-18)31-33-19-8-9-22(37)20(13-19)28(38)39/h4-13,37H,29-30H2,1-3H3,(H,38,39)(H,40,41,42). The van der Waals surface area contributed by atoms with E-state index >= 15 is 0 Å². The number of nitrogens with two attached hydrogens (primary N) is 2. The highest BCUT2D eigenvalue weighted by atomic mass is 32.2. The van der Waals surface area contributed by atoms with Gasteiger partial charge in [-0.25, -0.2) is 4.79 Å². The molecule has 4 aromatic carbocycles. The van der Waals surface area contributed by atoms with E-state index in [1.54, 1.807) is 57.2 Å². The number of nitrogens with zero attached hydrogens (tertiary/aromatic N) is 6. The fourth-order valence-corrected chi connectivity index (χ4v) is 4.70. The molecular formula is C28H26N8O6S. The minimum Gasteiger partial charge on any atom is -0.507 e. The number of aryl methyl sites for hydroxylation is 3. The Bertz CT molecular complexity index is 1940. The van der Waals surface area contributed by atoms with Gasteiger partial charge < -0.3 is 21.7 Å². The number of carbonyl (C=O) groups is 1. The van der Waals surface area contributed by atoms with Crippen LogP contribution in [0, 0.1) is 20.8 Å². The van der Waals surface area contributed by atoms with Gasteiger partial charge in [-0.05, 0) is 92.1 Å². The number of benzene rings is 4. The first-order valence-corrected chi connectivity index (χ1v) is 13.9. The molecule has 0 heterocycles. The second-order valence-corrected chi connectivity index (χ2v) is 10.8. The largest absolute Gasteiger partial charge is 0.507 e. The number of carboxylic acids is 1. The predicted molar refractivity (Wildman–Crippen MR) is 160 cm³/mol. The van der Waals surface area contributed by atoms with Crippen molar-refractivity contribution in [1.82, 2.24) is 0 Å². The van der Waals surface area contributed by atoms with Crippen LogP contribution < -0.4 is 11.5 Å². The average molecular weight is 603 g/mol. The lowest BCUT2D eigenvalue weighted by Gasteiger charge is -2.10. The molecule has 0 aliphatic carbocycles. The van der Waals surface area contributed by atoms with E-state index in [0.29, 0.717) is 28.1 Å². The molecule has 0 atom stereocenters. The number of aromatic carboxylic acids is 1. The summed E-state index contributed by atoms with van der Waals surface area (Å²) in [5.41, 5.74) is 15.6. The van der Waals surface area contributed by atoms with E-state index in [0.717, 1.165) is 0 Å². The summed E-state index contributed by atoms with van der Waals surface area (Å²) in [4.78, 5) is 10.8. The third kappa shape index (κ3) is 7.03. The lowest BCUT2D eigenvalue weighted by atomic mass is 10.1. The molecule has 0 aliphatic heterocycles. The molecular weight excluding hydrogens is 576 g/mol. The summed E-state index contributed by atoms with van der Waals surface area (Å²) in [6, 6.07) is 14.8. The van der Waals surface area contributed by atoms with Crippen molar-refractivity contribution >= 4 is 61.6 Å². The summed E-state index contributed by atoms with van der Waals surface area (Å²) in [7, 11) is -4.56. The maximum atomic E-state index is 11.9. The van der Waals surface area contributed by atoms with E-state index in [-0.39, 0.29) is 50.3 Å². The zero-order valence-corrected chi connectivity index (χ0v) is 23.9. The summed E-state index contributed by atoms with van der Waals surface area (Å²) in [6.07, 6.45) is 0. The molecule has 0 spiro atoms. The minimum atomic E-state index is -4.56. The van der Waals surface area contributed by atoms with Crippen LogP contribution in [-0.4, -0.2) is 29.2 Å². The molecule has 4 rings (SSSR count). The van der Waals surface area contributed by atoms with Crippen LogP contribution in [0.4, 0.5) is 45.5 Å². The molecule has 7 N–H and O–H groups in total. The molecule has 0 unspecified atom stereocenters. The first-order chi connectivity index (χ1) is 20.2. The Morgan fingerprint density at radius 3 is 1.86 bits per heavy atom. The van der Waals surface area contributed by atoms with E-state index in [1.165, 1.54) is 24.3 Å². The molecule has 0 bridgehead atoms. The summed E-state index contributed by atoms with van der Waals surface area (Å²) in [6.45, 7) is 5.04. The Morgan fingerprint density at radius 1 is 0.698 bits per heavy atom. The van der Waals surface area contributed by atoms with Gasteiger partial charge in [-0.3, -0.25) is 4.55 Å². The lowest BCUT2D eigenvalue weighted by Crippen LogP contribution is -2.00. The zero-order valence-electron chi connectivity index (χ0n) is 23.1. The number of anilines is 2. The van der Waals surface area contributed by atoms with E-state index in [9.17, 15) is 22.9 Å². The molecule has 43 heavy (non-hydrogen) atoms. The van der Waals surface area contributed by atoms with Crippen LogP contribution >= 0.6 is 0 Å². The molecule has 220 valence electrons. The number of hydrogen-bond donors (Lipinski definition) is 5. The summed E-state index contributed by atoms with van der Waals surface area (Å²) < 4.78 is 33.5. The van der Waals surface area contributed by atoms with Gasteiger partial charge in [0.05, 0.1) is 28.4 Å². The molecule has 0 amide bonds. The number of hydrogen-bond acceptors (Lipinski definition) is 12. The summed E-state index contributed by atoms with van der Waals surface area (Å²) in [5.74, 6) is -1.67. The third-order valence-corrected chi connectivity index (χ3v) is 6.98. The third-order valence-electron chi connectivity index (χ3n) is 6.12. The zero-order chi connectivity index (χ0) is 31.5. The van der Waals surface area contributed by atoms with Gasteiger partial charge in [-0.2, -0.15) is 23.8 Å². The van der Waals surface area contributed by atoms with Crippen molar-refractivity contribution < 1.29 is 28.0 Å². The molecule has 4 aromatic rings. The maximum Gasteiger partial charge on any atom is 0.339 e. The van der Waals surface area contributed by atoms with Crippen LogP contribution in [0.1, 0.15) is 27.0 Å². The highest BCUT2D eigenvalue weighted by Gasteiger charge is 2.19. The van der Waals surface area contributed by atoms with Gasteiger partial charge in [-0.15, -0.1) is 15.3 Å². The SMILES string of the molecule is Cc1cc(C)c(N=Nc2cc(C)c(N)c(N=Nc3ccc(N=Nc4ccc(O)c(C(=O)O)c4)cc3)c2N)c(S(=O)(=O)O)c1. The van der Waals surface area contributed by atoms with Gasteiger partial charge in [-0.1, -0.05) is 6.07 Å². The minimum absolute atomic E-state index is 0.0323. The summed E-state index contributed by atoms with van der Waals surface area (Å²) in [5, 5.41) is 43.4. The van der Waals surface area contributed by atoms with E-state index in [4.69, 9.17) is 16.6 Å². The molecule has 0 radical (unpaired) electrons. The van der Waals surface area contributed by atoms with Crippen LogP contribution in [0.3, 0.4) is 0 Å². The molecule has 0 aromatic heterocycles. The number of rotatable bonds is 8. The smallest absolute Gasteiger partial charge is 0.339 e. The fraction of sp³-hybridized carbons (Fsp3) is 0.107. The van der Waals surface area contributed by atoms with Crippen molar-refractivity contribution in [2.75, 3.05) is 11.5 Å². The second kappa shape index (κ2) is 12.1. The number of azo groups is 3. The van der Waals surface area contributed by atoms with Crippen LogP contribution in [0.25, 0.3) is 0 Å². The van der Waals surface area contributed by atoms with E-state index in [2.05, 4.69) is 30.7 Å². The number of carboxylic acid groups (broad SMARTS) is 1. The number of nitrogen functional groups attached to an aromatic ring is 2. The highest BCUT2D eigenvalue weighted by Crippen LogP contribution is 2.42. The molecule has 14 nitrogen and oxygen atoms in total. The van der Waals surface area contributed by atoms with Crippen molar-refractivity contribution in [1.29, 1.82) is 0 Å². The van der Waals surface area contributed by atoms with Crippen LogP contribution in [-0.2, 0) is 10.1 Å². The van der Waals surface area contributed by atoms with Crippen LogP contribution in [0.5, 0.6) is 5.75 Å². The topological polar surface area (TPSA) is 238 Å². The van der Waals surface area contributed by atoms with E-state index in [1.807, 2.05) is 0 Å². The molecule has 0 saturated heterocycles. The maximum absolute atomic E-state index is 11.9. The molecule has 15 heteroatoms. The summed E-state index contributed by atoms with van der Waals surface area (Å²) >= 11 is 0. The Balaban J connectivity index is 1.59. The first kappa shape index (κ1) is 30.4. The second-order valence-electron chi connectivity index (χ2n) is 9.42.